The van der Waals surface area contributed by atoms with Gasteiger partial charge in [-0.1, -0.05) is 154 Å². The highest BCUT2D eigenvalue weighted by Crippen LogP contribution is 2.06. The second kappa shape index (κ2) is 32.7. The van der Waals surface area contributed by atoms with E-state index in [1.807, 2.05) is 43.5 Å². The van der Waals surface area contributed by atoms with Gasteiger partial charge in [-0.3, -0.25) is 4.99 Å². The largest absolute Gasteiger partial charge is 0.289 e. The van der Waals surface area contributed by atoms with Gasteiger partial charge in [-0.15, -0.1) is 0 Å². The van der Waals surface area contributed by atoms with Gasteiger partial charge in [0.2, 0.25) is 0 Å². The molecular formula is C52H67F4N. The van der Waals surface area contributed by atoms with Crippen molar-refractivity contribution < 1.29 is 17.6 Å². The summed E-state index contributed by atoms with van der Waals surface area (Å²) in [7, 11) is 0. The second-order valence-corrected chi connectivity index (χ2v) is 12.8. The molecule has 0 radical (unpaired) electrons. The molecule has 1 aliphatic rings. The summed E-state index contributed by atoms with van der Waals surface area (Å²) >= 11 is 0. The maximum absolute atomic E-state index is 12.3. The molecule has 1 aliphatic heterocycles. The third-order valence-corrected chi connectivity index (χ3v) is 7.46. The van der Waals surface area contributed by atoms with E-state index in [-0.39, 0.29) is 33.9 Å². The van der Waals surface area contributed by atoms with Gasteiger partial charge < -0.3 is 0 Å². The average Bonchev–Trinajstić information content (AvgIpc) is 3.61. The van der Waals surface area contributed by atoms with Gasteiger partial charge >= 0.3 is 0 Å². The lowest BCUT2D eigenvalue weighted by Gasteiger charge is -1.93. The summed E-state index contributed by atoms with van der Waals surface area (Å²) in [4.78, 5) is 3.95. The third-order valence-electron chi connectivity index (χ3n) is 7.46. The maximum atomic E-state index is 12.3. The Morgan fingerprint density at radius 2 is 0.772 bits per heavy atom. The molecule has 0 aliphatic carbocycles. The van der Waals surface area contributed by atoms with Crippen molar-refractivity contribution in [1.29, 1.82) is 0 Å². The SMILES string of the molecule is C.C.C.CC1=CCN=C1.Cc1cc(F)cc(F)c1.Cc1ccc(C)cc1.Cc1cccc(F)c1.Cc1ccccc1.Cc1ccccc1C.Cc1ccccc1F. The fourth-order valence-electron chi connectivity index (χ4n) is 4.13. The first-order valence-corrected chi connectivity index (χ1v) is 17.8. The number of nitrogens with zero attached hydrogens (tertiary/aromatic N) is 1. The van der Waals surface area contributed by atoms with Crippen molar-refractivity contribution >= 4 is 6.21 Å². The van der Waals surface area contributed by atoms with Gasteiger partial charge in [0.1, 0.15) is 23.3 Å². The van der Waals surface area contributed by atoms with E-state index in [1.54, 1.807) is 32.0 Å². The van der Waals surface area contributed by atoms with Crippen LogP contribution in [0.2, 0.25) is 0 Å². The van der Waals surface area contributed by atoms with E-state index in [2.05, 4.69) is 113 Å². The molecule has 0 fully saturated rings. The Hall–Kier alpha value is -5.55. The Morgan fingerprint density at radius 1 is 0.368 bits per heavy atom. The van der Waals surface area contributed by atoms with E-state index in [9.17, 15) is 17.6 Å². The molecule has 0 spiro atoms. The Bertz CT molecular complexity index is 1790. The normalized spacial score (nSPS) is 9.74. The van der Waals surface area contributed by atoms with Crippen LogP contribution >= 0.6 is 0 Å². The molecular weight excluding hydrogens is 715 g/mol. The minimum absolute atomic E-state index is 0. The number of hydrogen-bond acceptors (Lipinski definition) is 1. The molecule has 0 bridgehead atoms. The van der Waals surface area contributed by atoms with Crippen molar-refractivity contribution in [2.45, 2.75) is 84.6 Å². The number of rotatable bonds is 0. The van der Waals surface area contributed by atoms with Gasteiger partial charge in [-0.05, 0) is 126 Å². The van der Waals surface area contributed by atoms with Gasteiger partial charge in [0.05, 0.1) is 6.54 Å². The molecule has 0 atom stereocenters. The zero-order valence-electron chi connectivity index (χ0n) is 33.2. The Balaban J connectivity index is -0.000000593. The highest BCUT2D eigenvalue weighted by Gasteiger charge is 1.94. The van der Waals surface area contributed by atoms with Crippen LogP contribution in [0.4, 0.5) is 17.6 Å². The summed E-state index contributed by atoms with van der Waals surface area (Å²) in [6.45, 7) is 18.7. The summed E-state index contributed by atoms with van der Waals surface area (Å²) in [5, 5.41) is 0. The van der Waals surface area contributed by atoms with E-state index in [1.165, 1.54) is 63.7 Å². The van der Waals surface area contributed by atoms with E-state index < -0.39 is 11.6 Å². The minimum Gasteiger partial charge on any atom is -0.289 e. The minimum atomic E-state index is -0.521. The molecule has 6 aromatic carbocycles. The van der Waals surface area contributed by atoms with Gasteiger partial charge in [0, 0.05) is 12.3 Å². The van der Waals surface area contributed by atoms with Crippen LogP contribution in [0.15, 0.2) is 162 Å². The number of aryl methyl sites for hydroxylation is 8. The van der Waals surface area contributed by atoms with Crippen LogP contribution in [-0.4, -0.2) is 12.8 Å². The first-order chi connectivity index (χ1) is 25.7. The number of benzene rings is 6. The molecule has 1 heterocycles. The first-order valence-electron chi connectivity index (χ1n) is 17.8. The van der Waals surface area contributed by atoms with Crippen molar-refractivity contribution in [3.05, 3.63) is 225 Å². The fraction of sp³-hybridized carbons (Fsp3) is 0.250. The van der Waals surface area contributed by atoms with Crippen LogP contribution in [-0.2, 0) is 0 Å². The fourth-order valence-corrected chi connectivity index (χ4v) is 4.13. The lowest BCUT2D eigenvalue weighted by atomic mass is 10.1. The molecule has 0 N–H and O–H groups in total. The predicted molar refractivity (Wildman–Crippen MR) is 244 cm³/mol. The van der Waals surface area contributed by atoms with Crippen molar-refractivity contribution in [3.63, 3.8) is 0 Å². The average molecular weight is 782 g/mol. The van der Waals surface area contributed by atoms with E-state index in [4.69, 9.17) is 0 Å². The standard InChI is InChI=1S/2C8H10.C7H6F2.2C7H7F.C7H8.C5H7N.3CH4/c1-7-3-5-8(2)6-4-7;1-7-5-3-4-6-8(7)2;1-5-2-6(8)4-7(9)3-5;1-6-3-2-4-7(8)5-6;1-6-4-2-3-5-7(6)8;1-7-5-3-2-4-6-7;1-5-2-3-6-4-5;;;/h2*3-6H,1-2H3;2-4H,1H3;2*2-5H,1H3;2-6H,1H3;2,4H,3H2,1H3;3*1H4. The van der Waals surface area contributed by atoms with Crippen LogP contribution in [0.25, 0.3) is 0 Å². The van der Waals surface area contributed by atoms with Crippen LogP contribution in [0, 0.1) is 78.7 Å². The smallest absolute Gasteiger partial charge is 0.126 e. The molecule has 6 aromatic rings. The van der Waals surface area contributed by atoms with Gasteiger partial charge in [-0.25, -0.2) is 17.6 Å². The molecule has 57 heavy (non-hydrogen) atoms. The zero-order chi connectivity index (χ0) is 40.3. The van der Waals surface area contributed by atoms with Crippen LogP contribution in [0.3, 0.4) is 0 Å². The summed E-state index contributed by atoms with van der Waals surface area (Å²) < 4.78 is 48.9. The number of allylic oxidation sites excluding steroid dienone is 1. The molecule has 5 heteroatoms. The molecule has 0 unspecified atom stereocenters. The monoisotopic (exact) mass is 782 g/mol. The Morgan fingerprint density at radius 3 is 1.04 bits per heavy atom. The zero-order valence-corrected chi connectivity index (χ0v) is 33.2. The third kappa shape index (κ3) is 29.4. The highest BCUT2D eigenvalue weighted by molar-refractivity contribution is 5.79. The predicted octanol–water partition coefficient (Wildman–Crippen LogP) is 16.1. The topological polar surface area (TPSA) is 12.4 Å². The summed E-state index contributed by atoms with van der Waals surface area (Å²) in [6, 6.07) is 43.7. The van der Waals surface area contributed by atoms with E-state index >= 15 is 0 Å². The van der Waals surface area contributed by atoms with Crippen molar-refractivity contribution in [1.82, 2.24) is 0 Å². The van der Waals surface area contributed by atoms with Gasteiger partial charge in [-0.2, -0.15) is 0 Å². The lowest BCUT2D eigenvalue weighted by molar-refractivity contribution is 0.581. The molecule has 7 rings (SSSR count). The molecule has 308 valence electrons. The second-order valence-electron chi connectivity index (χ2n) is 12.8. The molecule has 0 saturated carbocycles. The van der Waals surface area contributed by atoms with E-state index in [0.29, 0.717) is 11.1 Å². The van der Waals surface area contributed by atoms with E-state index in [0.717, 1.165) is 18.2 Å². The number of halogens is 4. The first kappa shape index (κ1) is 55.8. The number of hydrogen-bond donors (Lipinski definition) is 0. The van der Waals surface area contributed by atoms with Crippen molar-refractivity contribution in [3.8, 4) is 0 Å². The molecule has 0 saturated heterocycles. The summed E-state index contributed by atoms with van der Waals surface area (Å²) in [6.07, 6.45) is 3.99. The molecule has 0 aromatic heterocycles. The quantitative estimate of drug-likeness (QED) is 0.136. The molecule has 0 amide bonds. The maximum Gasteiger partial charge on any atom is 0.126 e. The Kier molecular flexibility index (Phi) is 32.0. The molecule has 1 nitrogen and oxygen atoms in total. The summed E-state index contributed by atoms with van der Waals surface area (Å²) in [5.74, 6) is -1.34. The highest BCUT2D eigenvalue weighted by atomic mass is 19.1. The number of aliphatic imine (C=N–C) groups is 1. The van der Waals surface area contributed by atoms with Gasteiger partial charge in [0.15, 0.2) is 0 Å². The van der Waals surface area contributed by atoms with Crippen molar-refractivity contribution in [2.24, 2.45) is 4.99 Å². The van der Waals surface area contributed by atoms with Crippen LogP contribution in [0.1, 0.15) is 73.7 Å². The van der Waals surface area contributed by atoms with Gasteiger partial charge in [0.25, 0.3) is 0 Å². The van der Waals surface area contributed by atoms with Crippen LogP contribution in [0.5, 0.6) is 0 Å². The van der Waals surface area contributed by atoms with Crippen molar-refractivity contribution in [2.75, 3.05) is 6.54 Å². The van der Waals surface area contributed by atoms with Crippen LogP contribution < -0.4 is 0 Å². The Labute approximate surface area is 343 Å². The summed E-state index contributed by atoms with van der Waals surface area (Å²) in [5.41, 5.74) is 10.3. The lowest BCUT2D eigenvalue weighted by Crippen LogP contribution is -1.80.